The predicted molar refractivity (Wildman–Crippen MR) is 103 cm³/mol. The number of ketones is 1. The fourth-order valence-corrected chi connectivity index (χ4v) is 3.82. The minimum atomic E-state index is -0.571. The van der Waals surface area contributed by atoms with Gasteiger partial charge in [0.25, 0.3) is 5.69 Å². The van der Waals surface area contributed by atoms with Gasteiger partial charge in [0, 0.05) is 18.0 Å². The smallest absolute Gasteiger partial charge is 0.273 e. The molecule has 2 aromatic carbocycles. The topological polar surface area (TPSA) is 106 Å². The van der Waals surface area contributed by atoms with Crippen molar-refractivity contribution in [3.05, 3.63) is 63.2 Å². The van der Waals surface area contributed by atoms with Gasteiger partial charge in [-0.2, -0.15) is 5.26 Å². The molecule has 0 atom stereocenters. The Morgan fingerprint density at radius 3 is 2.68 bits per heavy atom. The first-order valence-electron chi connectivity index (χ1n) is 8.09. The van der Waals surface area contributed by atoms with Crippen LogP contribution in [0.3, 0.4) is 0 Å². The van der Waals surface area contributed by atoms with Crippen LogP contribution in [0.15, 0.2) is 58.0 Å². The van der Waals surface area contributed by atoms with Gasteiger partial charge in [-0.05, 0) is 18.2 Å². The van der Waals surface area contributed by atoms with E-state index in [0.717, 1.165) is 10.6 Å². The first-order chi connectivity index (χ1) is 13.5. The maximum absolute atomic E-state index is 12.6. The summed E-state index contributed by atoms with van der Waals surface area (Å²) in [6.07, 6.45) is 0. The van der Waals surface area contributed by atoms with E-state index in [0.29, 0.717) is 5.03 Å². The molecular weight excluding hydrogens is 382 g/mol. The van der Waals surface area contributed by atoms with E-state index in [1.807, 2.05) is 30.3 Å². The second-order valence-electron chi connectivity index (χ2n) is 5.72. The van der Waals surface area contributed by atoms with E-state index < -0.39 is 17.3 Å². The lowest BCUT2D eigenvalue weighted by atomic mass is 10.2. The average molecular weight is 397 g/mol. The van der Waals surface area contributed by atoms with Crippen LogP contribution in [0.1, 0.15) is 0 Å². The third-order valence-corrected chi connectivity index (χ3v) is 5.30. The number of para-hydroxylation sites is 1. The number of ether oxygens (including phenoxy) is 2. The van der Waals surface area contributed by atoms with Crippen LogP contribution in [0, 0.1) is 21.4 Å². The van der Waals surface area contributed by atoms with Gasteiger partial charge in [0.1, 0.15) is 16.7 Å². The molecule has 142 valence electrons. The normalized spacial score (nSPS) is 14.1. The Labute approximate surface area is 165 Å². The molecule has 0 amide bonds. The Morgan fingerprint density at radius 2 is 2.04 bits per heavy atom. The highest BCUT2D eigenvalue weighted by Crippen LogP contribution is 2.46. The molecule has 0 spiro atoms. The molecular formula is C19H15N3O5S. The van der Waals surface area contributed by atoms with Crippen molar-refractivity contribution in [3.63, 3.8) is 0 Å². The van der Waals surface area contributed by atoms with Crippen LogP contribution in [0.25, 0.3) is 0 Å². The van der Waals surface area contributed by atoms with E-state index in [1.54, 1.807) is 11.9 Å². The molecule has 0 unspecified atom stereocenters. The van der Waals surface area contributed by atoms with Crippen LogP contribution in [0.2, 0.25) is 0 Å². The number of non-ortho nitro benzene ring substituents is 1. The van der Waals surface area contributed by atoms with Crippen molar-refractivity contribution >= 4 is 28.9 Å². The van der Waals surface area contributed by atoms with Crippen LogP contribution < -0.4 is 14.4 Å². The van der Waals surface area contributed by atoms with E-state index in [2.05, 4.69) is 0 Å². The van der Waals surface area contributed by atoms with Crippen molar-refractivity contribution in [3.8, 4) is 17.6 Å². The number of fused-ring (bicyclic) bond motifs is 1. The molecule has 0 bridgehead atoms. The zero-order chi connectivity index (χ0) is 20.3. The molecule has 8 nitrogen and oxygen atoms in total. The molecule has 0 fully saturated rings. The van der Waals surface area contributed by atoms with Crippen molar-refractivity contribution in [2.45, 2.75) is 4.90 Å². The molecule has 0 saturated carbocycles. The Bertz CT molecular complexity index is 1030. The number of anilines is 1. The second-order valence-corrected chi connectivity index (χ2v) is 6.76. The maximum atomic E-state index is 12.6. The molecule has 2 aromatic rings. The van der Waals surface area contributed by atoms with Crippen molar-refractivity contribution in [1.29, 1.82) is 5.26 Å². The summed E-state index contributed by atoms with van der Waals surface area (Å²) >= 11 is 1.33. The summed E-state index contributed by atoms with van der Waals surface area (Å²) in [6, 6.07) is 13.4. The molecule has 0 N–H and O–H groups in total. The minimum Gasteiger partial charge on any atom is -0.493 e. The first-order valence-corrected chi connectivity index (χ1v) is 8.91. The predicted octanol–water partition coefficient (Wildman–Crippen LogP) is 3.53. The summed E-state index contributed by atoms with van der Waals surface area (Å²) < 4.78 is 10.6. The van der Waals surface area contributed by atoms with E-state index >= 15 is 0 Å². The highest BCUT2D eigenvalue weighted by molar-refractivity contribution is 8.03. The Kier molecular flexibility index (Phi) is 5.52. The molecule has 0 aliphatic carbocycles. The fraction of sp³-hybridized carbons (Fsp3) is 0.158. The number of hydrogen-bond acceptors (Lipinski definition) is 8. The SMILES string of the molecule is COc1ccc([N+](=O)[O-])cc1OCC(=O)C(C#N)=C1Sc2ccccc2N1C. The zero-order valence-corrected chi connectivity index (χ0v) is 15.9. The molecule has 1 aliphatic heterocycles. The lowest BCUT2D eigenvalue weighted by Gasteiger charge is -2.15. The standard InChI is InChI=1S/C19H15N3O5S/c1-21-14-5-3-4-6-18(14)28-19(21)13(10-20)15(23)11-27-17-9-12(22(24)25)7-8-16(17)26-2/h3-9H,11H2,1-2H3. The minimum absolute atomic E-state index is 0.0342. The van der Waals surface area contributed by atoms with E-state index in [4.69, 9.17) is 9.47 Å². The fourth-order valence-electron chi connectivity index (χ4n) is 2.66. The van der Waals surface area contributed by atoms with Gasteiger partial charge in [-0.3, -0.25) is 14.9 Å². The number of carbonyl (C=O) groups is 1. The van der Waals surface area contributed by atoms with Crippen molar-refractivity contribution < 1.29 is 19.2 Å². The van der Waals surface area contributed by atoms with Gasteiger partial charge >= 0.3 is 0 Å². The van der Waals surface area contributed by atoms with Gasteiger partial charge in [-0.1, -0.05) is 23.9 Å². The maximum Gasteiger partial charge on any atom is 0.273 e. The highest BCUT2D eigenvalue weighted by atomic mass is 32.2. The van der Waals surface area contributed by atoms with E-state index in [1.165, 1.54) is 37.1 Å². The molecule has 0 aromatic heterocycles. The van der Waals surface area contributed by atoms with Crippen molar-refractivity contribution in [2.24, 2.45) is 0 Å². The van der Waals surface area contributed by atoms with Crippen LogP contribution in [-0.4, -0.2) is 31.5 Å². The average Bonchev–Trinajstić information content (AvgIpc) is 3.03. The summed E-state index contributed by atoms with van der Waals surface area (Å²) in [5.74, 6) is -0.217. The monoisotopic (exact) mass is 397 g/mol. The number of nitro benzene ring substituents is 1. The highest BCUT2D eigenvalue weighted by Gasteiger charge is 2.28. The number of carbonyl (C=O) groups excluding carboxylic acids is 1. The molecule has 28 heavy (non-hydrogen) atoms. The Morgan fingerprint density at radius 1 is 1.29 bits per heavy atom. The van der Waals surface area contributed by atoms with Gasteiger partial charge in [-0.15, -0.1) is 0 Å². The largest absolute Gasteiger partial charge is 0.493 e. The third kappa shape index (κ3) is 3.63. The number of thioether (sulfide) groups is 1. The molecule has 1 aliphatic rings. The summed E-state index contributed by atoms with van der Waals surface area (Å²) in [4.78, 5) is 25.7. The van der Waals surface area contributed by atoms with E-state index in [9.17, 15) is 20.2 Å². The summed E-state index contributed by atoms with van der Waals surface area (Å²) in [7, 11) is 3.17. The Balaban J connectivity index is 1.83. The van der Waals surface area contributed by atoms with Gasteiger partial charge in [-0.25, -0.2) is 0 Å². The second kappa shape index (κ2) is 8.02. The molecule has 1 heterocycles. The number of nitrogens with zero attached hydrogens (tertiary/aromatic N) is 3. The third-order valence-electron chi connectivity index (χ3n) is 4.06. The number of benzene rings is 2. The summed E-state index contributed by atoms with van der Waals surface area (Å²) in [6.45, 7) is -0.450. The number of rotatable bonds is 6. The molecule has 0 radical (unpaired) electrons. The van der Waals surface area contributed by atoms with Crippen LogP contribution >= 0.6 is 11.8 Å². The lowest BCUT2D eigenvalue weighted by Crippen LogP contribution is -2.19. The number of nitro groups is 1. The van der Waals surface area contributed by atoms with Crippen LogP contribution in [0.5, 0.6) is 11.5 Å². The number of methoxy groups -OCH3 is 1. The number of Topliss-reactive ketones (excluding diaryl/α,β-unsaturated/α-hetero) is 1. The van der Waals surface area contributed by atoms with Crippen molar-refractivity contribution in [1.82, 2.24) is 0 Å². The molecule has 3 rings (SSSR count). The first kappa shape index (κ1) is 19.3. The molecule has 9 heteroatoms. The number of hydrogen-bond donors (Lipinski definition) is 0. The van der Waals surface area contributed by atoms with Gasteiger partial charge < -0.3 is 14.4 Å². The van der Waals surface area contributed by atoms with Crippen LogP contribution in [-0.2, 0) is 4.79 Å². The summed E-state index contributed by atoms with van der Waals surface area (Å²) in [5, 5.41) is 21.0. The summed E-state index contributed by atoms with van der Waals surface area (Å²) in [5.41, 5.74) is 0.682. The lowest BCUT2D eigenvalue weighted by molar-refractivity contribution is -0.385. The van der Waals surface area contributed by atoms with E-state index in [-0.39, 0.29) is 22.8 Å². The van der Waals surface area contributed by atoms with Gasteiger partial charge in [0.2, 0.25) is 5.78 Å². The quantitative estimate of drug-likeness (QED) is 0.315. The number of nitriles is 1. The van der Waals surface area contributed by atoms with Crippen molar-refractivity contribution in [2.75, 3.05) is 25.7 Å². The van der Waals surface area contributed by atoms with Crippen LogP contribution in [0.4, 0.5) is 11.4 Å². The Hall–Kier alpha value is -3.51. The van der Waals surface area contributed by atoms with Gasteiger partial charge in [0.05, 0.1) is 23.8 Å². The zero-order valence-electron chi connectivity index (χ0n) is 15.0. The molecule has 0 saturated heterocycles. The van der Waals surface area contributed by atoms with Gasteiger partial charge in [0.15, 0.2) is 18.1 Å².